The first-order chi connectivity index (χ1) is 11.2. The largest absolute Gasteiger partial charge is 0.493 e. The number of ether oxygens (including phenoxy) is 2. The van der Waals surface area contributed by atoms with Crippen molar-refractivity contribution in [3.8, 4) is 11.8 Å². The molecule has 4 nitrogen and oxygen atoms in total. The molecule has 0 saturated carbocycles. The molecule has 0 amide bonds. The van der Waals surface area contributed by atoms with Gasteiger partial charge in [-0.1, -0.05) is 12.1 Å². The summed E-state index contributed by atoms with van der Waals surface area (Å²) in [5.74, 6) is 2.09. The van der Waals surface area contributed by atoms with Crippen molar-refractivity contribution in [3.05, 3.63) is 65.2 Å². The SMILES string of the molecule is COC(=O)c1cccc(CSCCOc2ccc(C#N)cc2)c1. The molecular weight excluding hydrogens is 310 g/mol. The van der Waals surface area contributed by atoms with Gasteiger partial charge in [0.25, 0.3) is 0 Å². The number of carbonyl (C=O) groups is 1. The Morgan fingerprint density at radius 2 is 2.00 bits per heavy atom. The highest BCUT2D eigenvalue weighted by Crippen LogP contribution is 2.16. The Morgan fingerprint density at radius 3 is 2.70 bits per heavy atom. The third-order valence-electron chi connectivity index (χ3n) is 3.10. The van der Waals surface area contributed by atoms with Crippen LogP contribution in [0.15, 0.2) is 48.5 Å². The number of thioether (sulfide) groups is 1. The molecule has 0 bridgehead atoms. The number of carbonyl (C=O) groups excluding carboxylic acids is 1. The molecular formula is C18H17NO3S. The molecule has 0 atom stereocenters. The smallest absolute Gasteiger partial charge is 0.337 e. The summed E-state index contributed by atoms with van der Waals surface area (Å²) >= 11 is 1.73. The van der Waals surface area contributed by atoms with E-state index in [9.17, 15) is 4.79 Å². The molecule has 2 aromatic rings. The quantitative estimate of drug-likeness (QED) is 0.574. The molecule has 0 unspecified atom stereocenters. The third-order valence-corrected chi connectivity index (χ3v) is 4.09. The third kappa shape index (κ3) is 5.35. The zero-order valence-corrected chi connectivity index (χ0v) is 13.6. The summed E-state index contributed by atoms with van der Waals surface area (Å²) < 4.78 is 10.3. The Hall–Kier alpha value is -2.45. The van der Waals surface area contributed by atoms with E-state index in [0.29, 0.717) is 17.7 Å². The number of hydrogen-bond donors (Lipinski definition) is 0. The second-order valence-electron chi connectivity index (χ2n) is 4.73. The topological polar surface area (TPSA) is 59.3 Å². The minimum absolute atomic E-state index is 0.319. The van der Waals surface area contributed by atoms with Crippen LogP contribution in [0.5, 0.6) is 5.75 Å². The molecule has 0 N–H and O–H groups in total. The van der Waals surface area contributed by atoms with E-state index in [-0.39, 0.29) is 5.97 Å². The summed E-state index contributed by atoms with van der Waals surface area (Å²) in [6, 6.07) is 16.6. The van der Waals surface area contributed by atoms with Gasteiger partial charge in [0.15, 0.2) is 0 Å². The number of methoxy groups -OCH3 is 1. The van der Waals surface area contributed by atoms with Gasteiger partial charge >= 0.3 is 5.97 Å². The molecule has 2 rings (SSSR count). The summed E-state index contributed by atoms with van der Waals surface area (Å²) in [6.07, 6.45) is 0. The second-order valence-corrected chi connectivity index (χ2v) is 5.83. The van der Waals surface area contributed by atoms with Crippen molar-refractivity contribution in [2.24, 2.45) is 0 Å². The predicted octanol–water partition coefficient (Wildman–Crippen LogP) is 3.66. The maximum Gasteiger partial charge on any atom is 0.337 e. The van der Waals surface area contributed by atoms with Gasteiger partial charge in [-0.05, 0) is 42.0 Å². The molecule has 0 spiro atoms. The number of nitriles is 1. The lowest BCUT2D eigenvalue weighted by Gasteiger charge is -2.07. The Labute approximate surface area is 140 Å². The van der Waals surface area contributed by atoms with Gasteiger partial charge in [0, 0.05) is 11.5 Å². The predicted molar refractivity (Wildman–Crippen MR) is 90.6 cm³/mol. The highest BCUT2D eigenvalue weighted by Gasteiger charge is 2.05. The first-order valence-corrected chi connectivity index (χ1v) is 8.26. The molecule has 0 aliphatic heterocycles. The van der Waals surface area contributed by atoms with E-state index in [1.54, 1.807) is 42.1 Å². The molecule has 0 radical (unpaired) electrons. The van der Waals surface area contributed by atoms with Crippen molar-refractivity contribution in [2.45, 2.75) is 5.75 Å². The molecule has 0 aliphatic carbocycles. The monoisotopic (exact) mass is 327 g/mol. The van der Waals surface area contributed by atoms with E-state index in [1.165, 1.54) is 7.11 Å². The van der Waals surface area contributed by atoms with E-state index in [4.69, 9.17) is 14.7 Å². The van der Waals surface area contributed by atoms with E-state index in [0.717, 1.165) is 22.8 Å². The molecule has 0 fully saturated rings. The lowest BCUT2D eigenvalue weighted by molar-refractivity contribution is 0.0600. The van der Waals surface area contributed by atoms with Crippen LogP contribution in [0.2, 0.25) is 0 Å². The van der Waals surface area contributed by atoms with Crippen molar-refractivity contribution < 1.29 is 14.3 Å². The van der Waals surface area contributed by atoms with Crippen molar-refractivity contribution in [3.63, 3.8) is 0 Å². The average Bonchev–Trinajstić information content (AvgIpc) is 2.61. The molecule has 118 valence electrons. The van der Waals surface area contributed by atoms with Crippen molar-refractivity contribution in [2.75, 3.05) is 19.5 Å². The minimum Gasteiger partial charge on any atom is -0.493 e. The zero-order valence-electron chi connectivity index (χ0n) is 12.8. The van der Waals surface area contributed by atoms with Gasteiger partial charge in [0.1, 0.15) is 5.75 Å². The second kappa shape index (κ2) is 8.86. The fourth-order valence-electron chi connectivity index (χ4n) is 1.94. The molecule has 5 heteroatoms. The molecule has 23 heavy (non-hydrogen) atoms. The molecule has 0 aromatic heterocycles. The normalized spacial score (nSPS) is 9.91. The van der Waals surface area contributed by atoms with Gasteiger partial charge < -0.3 is 9.47 Å². The lowest BCUT2D eigenvalue weighted by atomic mass is 10.1. The van der Waals surface area contributed by atoms with E-state index >= 15 is 0 Å². The fourth-order valence-corrected chi connectivity index (χ4v) is 2.70. The van der Waals surface area contributed by atoms with E-state index < -0.39 is 0 Å². The minimum atomic E-state index is -0.319. The maximum absolute atomic E-state index is 11.5. The van der Waals surface area contributed by atoms with Crippen molar-refractivity contribution in [1.29, 1.82) is 5.26 Å². The highest BCUT2D eigenvalue weighted by atomic mass is 32.2. The number of hydrogen-bond acceptors (Lipinski definition) is 5. The summed E-state index contributed by atoms with van der Waals surface area (Å²) in [5, 5.41) is 8.73. The Kier molecular flexibility index (Phi) is 6.52. The van der Waals surface area contributed by atoms with Gasteiger partial charge in [-0.25, -0.2) is 4.79 Å². The molecule has 0 saturated heterocycles. The highest BCUT2D eigenvalue weighted by molar-refractivity contribution is 7.98. The zero-order chi connectivity index (χ0) is 16.5. The maximum atomic E-state index is 11.5. The fraction of sp³-hybridized carbons (Fsp3) is 0.222. The van der Waals surface area contributed by atoms with Crippen LogP contribution in [0.1, 0.15) is 21.5 Å². The van der Waals surface area contributed by atoms with Gasteiger partial charge in [-0.3, -0.25) is 0 Å². The van der Waals surface area contributed by atoms with Crippen LogP contribution in [0.4, 0.5) is 0 Å². The van der Waals surface area contributed by atoms with Crippen LogP contribution >= 0.6 is 11.8 Å². The van der Waals surface area contributed by atoms with Crippen LogP contribution in [0.25, 0.3) is 0 Å². The van der Waals surface area contributed by atoms with Crippen LogP contribution in [0.3, 0.4) is 0 Å². The standard InChI is InChI=1S/C18H17NO3S/c1-21-18(20)16-4-2-3-15(11-16)13-23-10-9-22-17-7-5-14(12-19)6-8-17/h2-8,11H,9-10,13H2,1H3. The molecule has 0 heterocycles. The number of nitrogens with zero attached hydrogens (tertiary/aromatic N) is 1. The van der Waals surface area contributed by atoms with Gasteiger partial charge in [-0.2, -0.15) is 17.0 Å². The molecule has 2 aromatic carbocycles. The van der Waals surface area contributed by atoms with Crippen molar-refractivity contribution in [1.82, 2.24) is 0 Å². The molecule has 0 aliphatic rings. The van der Waals surface area contributed by atoms with Gasteiger partial charge in [-0.15, -0.1) is 0 Å². The van der Waals surface area contributed by atoms with Crippen LogP contribution in [0, 0.1) is 11.3 Å². The van der Waals surface area contributed by atoms with Gasteiger partial charge in [0.05, 0.1) is 30.9 Å². The number of rotatable bonds is 7. The summed E-state index contributed by atoms with van der Waals surface area (Å²) in [6.45, 7) is 0.591. The van der Waals surface area contributed by atoms with Crippen LogP contribution in [-0.4, -0.2) is 25.4 Å². The average molecular weight is 327 g/mol. The Balaban J connectivity index is 1.73. The van der Waals surface area contributed by atoms with Gasteiger partial charge in [0.2, 0.25) is 0 Å². The number of esters is 1. The van der Waals surface area contributed by atoms with E-state index in [2.05, 4.69) is 6.07 Å². The Bertz CT molecular complexity index is 692. The Morgan fingerprint density at radius 1 is 1.22 bits per heavy atom. The lowest BCUT2D eigenvalue weighted by Crippen LogP contribution is -2.02. The first-order valence-electron chi connectivity index (χ1n) is 7.11. The van der Waals surface area contributed by atoms with Crippen LogP contribution < -0.4 is 4.74 Å². The van der Waals surface area contributed by atoms with E-state index in [1.807, 2.05) is 18.2 Å². The van der Waals surface area contributed by atoms with Crippen LogP contribution in [-0.2, 0) is 10.5 Å². The summed E-state index contributed by atoms with van der Waals surface area (Å²) in [7, 11) is 1.38. The number of benzene rings is 2. The summed E-state index contributed by atoms with van der Waals surface area (Å²) in [4.78, 5) is 11.5. The summed E-state index contributed by atoms with van der Waals surface area (Å²) in [5.41, 5.74) is 2.27. The first kappa shape index (κ1) is 16.9. The van der Waals surface area contributed by atoms with Crippen molar-refractivity contribution >= 4 is 17.7 Å².